The molecule has 0 bridgehead atoms. The molecule has 0 aliphatic heterocycles. The maximum absolute atomic E-state index is 4.45. The predicted octanol–water partition coefficient (Wildman–Crippen LogP) is 3.33. The van der Waals surface area contributed by atoms with Gasteiger partial charge in [-0.25, -0.2) is 4.98 Å². The van der Waals surface area contributed by atoms with Crippen LogP contribution in [-0.2, 0) is 6.54 Å². The first kappa shape index (κ1) is 13.5. The highest BCUT2D eigenvalue weighted by Crippen LogP contribution is 2.22. The summed E-state index contributed by atoms with van der Waals surface area (Å²) in [7, 11) is 0. The monoisotopic (exact) mass is 238 g/mol. The van der Waals surface area contributed by atoms with Gasteiger partial charge >= 0.3 is 0 Å². The van der Waals surface area contributed by atoms with Crippen LogP contribution in [0.3, 0.4) is 0 Å². The molecule has 0 aliphatic rings. The molecule has 1 aromatic heterocycles. The summed E-state index contributed by atoms with van der Waals surface area (Å²) in [6.07, 6.45) is 1.88. The van der Waals surface area contributed by atoms with Crippen LogP contribution in [0.4, 0.5) is 0 Å². The molecule has 0 amide bonds. The van der Waals surface area contributed by atoms with Crippen molar-refractivity contribution in [3.05, 3.63) is 23.9 Å². The van der Waals surface area contributed by atoms with Crippen molar-refractivity contribution >= 4 is 11.8 Å². The van der Waals surface area contributed by atoms with Crippen molar-refractivity contribution in [2.75, 3.05) is 5.75 Å². The second-order valence-electron chi connectivity index (χ2n) is 4.71. The Morgan fingerprint density at radius 1 is 1.31 bits per heavy atom. The number of pyridine rings is 1. The van der Waals surface area contributed by atoms with Crippen molar-refractivity contribution in [3.8, 4) is 0 Å². The van der Waals surface area contributed by atoms with Gasteiger partial charge in [0.15, 0.2) is 0 Å². The summed E-state index contributed by atoms with van der Waals surface area (Å²) in [5, 5.41) is 4.61. The largest absolute Gasteiger partial charge is 0.310 e. The summed E-state index contributed by atoms with van der Waals surface area (Å²) in [4.78, 5) is 4.45. The zero-order chi connectivity index (χ0) is 12.0. The Hall–Kier alpha value is -0.540. The van der Waals surface area contributed by atoms with Crippen LogP contribution in [0.1, 0.15) is 33.3 Å². The van der Waals surface area contributed by atoms with Crippen molar-refractivity contribution in [1.29, 1.82) is 0 Å². The lowest BCUT2D eigenvalue weighted by Crippen LogP contribution is -2.22. The Labute approximate surface area is 103 Å². The van der Waals surface area contributed by atoms with E-state index in [1.165, 1.54) is 10.6 Å². The number of nitrogens with zero attached hydrogens (tertiary/aromatic N) is 1. The van der Waals surface area contributed by atoms with Gasteiger partial charge in [-0.1, -0.05) is 33.8 Å². The molecular formula is C13H22N2S. The van der Waals surface area contributed by atoms with E-state index in [9.17, 15) is 0 Å². The van der Waals surface area contributed by atoms with Gasteiger partial charge in [0.05, 0.1) is 0 Å². The average Bonchev–Trinajstić information content (AvgIpc) is 2.24. The quantitative estimate of drug-likeness (QED) is 0.770. The number of nitrogens with one attached hydrogen (secondary N) is 1. The molecule has 2 nitrogen and oxygen atoms in total. The summed E-state index contributed by atoms with van der Waals surface area (Å²) < 4.78 is 0. The van der Waals surface area contributed by atoms with Crippen LogP contribution in [-0.4, -0.2) is 16.8 Å². The molecule has 16 heavy (non-hydrogen) atoms. The lowest BCUT2D eigenvalue weighted by atomic mass is 10.2. The van der Waals surface area contributed by atoms with Crippen LogP contribution in [0.5, 0.6) is 0 Å². The molecule has 0 radical (unpaired) electrons. The SMILES string of the molecule is CC(C)CSc1ncccc1CNC(C)C. The third-order valence-corrected chi connectivity index (χ3v) is 3.58. The molecule has 90 valence electrons. The van der Waals surface area contributed by atoms with Crippen molar-refractivity contribution in [2.45, 2.75) is 45.3 Å². The Morgan fingerprint density at radius 3 is 2.69 bits per heavy atom. The Bertz CT molecular complexity index is 280. The van der Waals surface area contributed by atoms with Crippen LogP contribution in [0.2, 0.25) is 0 Å². The van der Waals surface area contributed by atoms with Gasteiger partial charge < -0.3 is 5.32 Å². The number of rotatable bonds is 6. The van der Waals surface area contributed by atoms with Crippen LogP contribution in [0.15, 0.2) is 23.4 Å². The number of thioether (sulfide) groups is 1. The molecule has 0 spiro atoms. The van der Waals surface area contributed by atoms with Gasteiger partial charge in [0.25, 0.3) is 0 Å². The standard InChI is InChI=1S/C13H22N2S/c1-10(2)9-16-13-12(6-5-7-14-13)8-15-11(3)4/h5-7,10-11,15H,8-9H2,1-4H3. The van der Waals surface area contributed by atoms with Crippen LogP contribution in [0.25, 0.3) is 0 Å². The minimum absolute atomic E-state index is 0.517. The molecule has 0 aliphatic carbocycles. The Morgan fingerprint density at radius 2 is 2.06 bits per heavy atom. The second kappa shape index (κ2) is 6.92. The summed E-state index contributed by atoms with van der Waals surface area (Å²) >= 11 is 1.86. The second-order valence-corrected chi connectivity index (χ2v) is 5.72. The van der Waals surface area contributed by atoms with E-state index in [2.05, 4.69) is 44.1 Å². The highest BCUT2D eigenvalue weighted by molar-refractivity contribution is 7.99. The first-order valence-corrected chi connectivity index (χ1v) is 6.88. The minimum atomic E-state index is 0.517. The summed E-state index contributed by atoms with van der Waals surface area (Å²) in [6.45, 7) is 9.71. The van der Waals surface area contributed by atoms with Crippen molar-refractivity contribution < 1.29 is 0 Å². The topological polar surface area (TPSA) is 24.9 Å². The van der Waals surface area contributed by atoms with Crippen molar-refractivity contribution in [3.63, 3.8) is 0 Å². The highest BCUT2D eigenvalue weighted by atomic mass is 32.2. The average molecular weight is 238 g/mol. The van der Waals surface area contributed by atoms with Crippen LogP contribution >= 0.6 is 11.8 Å². The van der Waals surface area contributed by atoms with Gasteiger partial charge in [-0.3, -0.25) is 0 Å². The summed E-state index contributed by atoms with van der Waals surface area (Å²) in [5.74, 6) is 1.84. The molecule has 1 aromatic rings. The van der Waals surface area contributed by atoms with E-state index in [4.69, 9.17) is 0 Å². The molecular weight excluding hydrogens is 216 g/mol. The zero-order valence-electron chi connectivity index (χ0n) is 10.7. The first-order chi connectivity index (χ1) is 7.59. The lowest BCUT2D eigenvalue weighted by Gasteiger charge is -2.12. The van der Waals surface area contributed by atoms with Gasteiger partial charge in [0.2, 0.25) is 0 Å². The summed E-state index contributed by atoms with van der Waals surface area (Å²) in [5.41, 5.74) is 1.31. The van der Waals surface area contributed by atoms with E-state index in [0.717, 1.165) is 12.3 Å². The van der Waals surface area contributed by atoms with Crippen LogP contribution < -0.4 is 5.32 Å². The Balaban J connectivity index is 2.60. The van der Waals surface area contributed by atoms with E-state index >= 15 is 0 Å². The molecule has 1 heterocycles. The molecule has 0 atom stereocenters. The first-order valence-electron chi connectivity index (χ1n) is 5.89. The molecule has 1 N–H and O–H groups in total. The van der Waals surface area contributed by atoms with Crippen molar-refractivity contribution in [2.24, 2.45) is 5.92 Å². The van der Waals surface area contributed by atoms with E-state index < -0.39 is 0 Å². The molecule has 0 unspecified atom stereocenters. The molecule has 0 saturated carbocycles. The normalized spacial score (nSPS) is 11.4. The van der Waals surface area contributed by atoms with Crippen molar-refractivity contribution in [1.82, 2.24) is 10.3 Å². The zero-order valence-corrected chi connectivity index (χ0v) is 11.5. The van der Waals surface area contributed by atoms with E-state index in [1.54, 1.807) is 0 Å². The fraction of sp³-hybridized carbons (Fsp3) is 0.615. The third-order valence-electron chi connectivity index (χ3n) is 2.10. The highest BCUT2D eigenvalue weighted by Gasteiger charge is 2.05. The number of aromatic nitrogens is 1. The molecule has 1 rings (SSSR count). The lowest BCUT2D eigenvalue weighted by molar-refractivity contribution is 0.582. The van der Waals surface area contributed by atoms with Gasteiger partial charge in [0.1, 0.15) is 5.03 Å². The maximum atomic E-state index is 4.45. The maximum Gasteiger partial charge on any atom is 0.100 e. The predicted molar refractivity (Wildman–Crippen MR) is 71.8 cm³/mol. The molecule has 0 fully saturated rings. The summed E-state index contributed by atoms with van der Waals surface area (Å²) in [6, 6.07) is 4.69. The molecule has 0 saturated heterocycles. The number of hydrogen-bond donors (Lipinski definition) is 1. The van der Waals surface area contributed by atoms with Crippen LogP contribution in [0, 0.1) is 5.92 Å². The van der Waals surface area contributed by atoms with Gasteiger partial charge in [-0.05, 0) is 17.5 Å². The van der Waals surface area contributed by atoms with Gasteiger partial charge in [0, 0.05) is 24.5 Å². The van der Waals surface area contributed by atoms with E-state index in [-0.39, 0.29) is 0 Å². The van der Waals surface area contributed by atoms with Gasteiger partial charge in [-0.15, -0.1) is 11.8 Å². The third kappa shape index (κ3) is 4.99. The number of hydrogen-bond acceptors (Lipinski definition) is 3. The smallest absolute Gasteiger partial charge is 0.100 e. The molecule has 0 aromatic carbocycles. The van der Waals surface area contributed by atoms with E-state index in [1.807, 2.05) is 24.0 Å². The molecule has 3 heteroatoms. The minimum Gasteiger partial charge on any atom is -0.310 e. The van der Waals surface area contributed by atoms with Gasteiger partial charge in [-0.2, -0.15) is 0 Å². The Kier molecular flexibility index (Phi) is 5.85. The van der Waals surface area contributed by atoms with E-state index in [0.29, 0.717) is 12.0 Å². The fourth-order valence-corrected chi connectivity index (χ4v) is 2.20. The fourth-order valence-electron chi connectivity index (χ4n) is 1.25.